The van der Waals surface area contributed by atoms with E-state index in [-0.39, 0.29) is 36.4 Å². The van der Waals surface area contributed by atoms with Crippen molar-refractivity contribution in [2.75, 3.05) is 11.4 Å². The Balaban J connectivity index is 1.17. The summed E-state index contributed by atoms with van der Waals surface area (Å²) in [5, 5.41) is 11.2. The fraction of sp³-hybridized carbons (Fsp3) is 0.370. The molecule has 0 saturated carbocycles. The van der Waals surface area contributed by atoms with Crippen molar-refractivity contribution < 1.29 is 23.2 Å². The predicted octanol–water partition coefficient (Wildman–Crippen LogP) is 4.62. The fourth-order valence-electron chi connectivity index (χ4n) is 5.27. The molecule has 0 spiro atoms. The highest BCUT2D eigenvalue weighted by Gasteiger charge is 2.41. The number of aromatic nitrogens is 3. The first kappa shape index (κ1) is 26.9. The van der Waals surface area contributed by atoms with E-state index in [1.807, 2.05) is 38.2 Å². The largest absolute Gasteiger partial charge is 0.340 e. The lowest BCUT2D eigenvalue weighted by atomic mass is 9.89. The van der Waals surface area contributed by atoms with Gasteiger partial charge in [0.25, 0.3) is 5.91 Å². The Bertz CT molecular complexity index is 1450. The number of benzene rings is 2. The van der Waals surface area contributed by atoms with E-state index in [1.54, 1.807) is 9.58 Å². The third-order valence-corrected chi connectivity index (χ3v) is 8.29. The second kappa shape index (κ2) is 10.8. The molecule has 3 aromatic rings. The molecule has 204 valence electrons. The highest BCUT2D eigenvalue weighted by Crippen LogP contribution is 2.32. The van der Waals surface area contributed by atoms with E-state index >= 15 is 0 Å². The van der Waals surface area contributed by atoms with Crippen molar-refractivity contribution in [1.82, 2.24) is 25.2 Å². The van der Waals surface area contributed by atoms with Crippen LogP contribution in [0.5, 0.6) is 0 Å². The highest BCUT2D eigenvalue weighted by molar-refractivity contribution is 9.10. The van der Waals surface area contributed by atoms with Gasteiger partial charge in [0.15, 0.2) is 0 Å². The Morgan fingerprint density at radius 2 is 1.97 bits per heavy atom. The van der Waals surface area contributed by atoms with Crippen LogP contribution in [0.2, 0.25) is 0 Å². The minimum absolute atomic E-state index is 0.0454. The molecule has 1 aromatic heterocycles. The summed E-state index contributed by atoms with van der Waals surface area (Å²) in [5.41, 5.74) is 2.56. The van der Waals surface area contributed by atoms with Crippen molar-refractivity contribution in [2.45, 2.75) is 57.5 Å². The first-order chi connectivity index (χ1) is 18.6. The topological polar surface area (TPSA) is 100 Å². The number of carbonyl (C=O) groups is 3. The van der Waals surface area contributed by atoms with Crippen LogP contribution in [-0.4, -0.2) is 56.4 Å². The lowest BCUT2D eigenvalue weighted by Crippen LogP contribution is -2.44. The third-order valence-electron chi connectivity index (χ3n) is 7.43. The zero-order chi connectivity index (χ0) is 27.8. The molecule has 39 heavy (non-hydrogen) atoms. The Morgan fingerprint density at radius 1 is 1.18 bits per heavy atom. The minimum Gasteiger partial charge on any atom is -0.340 e. The Morgan fingerprint density at radius 3 is 2.72 bits per heavy atom. The van der Waals surface area contributed by atoms with Gasteiger partial charge >= 0.3 is 6.03 Å². The van der Waals surface area contributed by atoms with Gasteiger partial charge in [0.05, 0.1) is 23.3 Å². The molecule has 2 aliphatic rings. The van der Waals surface area contributed by atoms with E-state index in [0.717, 1.165) is 46.4 Å². The SMILES string of the molecule is Cc1c(Br)cccc1-n1cc(C2CCN(C(=O)CCC3NC(=O)N(c4ccc(F)cc4F)C3=O)C(C)C2)nn1. The maximum Gasteiger partial charge on any atom is 0.329 e. The first-order valence-corrected chi connectivity index (χ1v) is 13.5. The van der Waals surface area contributed by atoms with Crippen molar-refractivity contribution in [3.63, 3.8) is 0 Å². The maximum absolute atomic E-state index is 14.2. The number of nitrogens with one attached hydrogen (secondary N) is 1. The van der Waals surface area contributed by atoms with E-state index in [9.17, 15) is 23.2 Å². The van der Waals surface area contributed by atoms with Crippen LogP contribution in [0.25, 0.3) is 5.69 Å². The number of rotatable bonds is 6. The molecular weight excluding hydrogens is 574 g/mol. The molecule has 0 bridgehead atoms. The lowest BCUT2D eigenvalue weighted by Gasteiger charge is -2.37. The van der Waals surface area contributed by atoms with Crippen LogP contribution in [0, 0.1) is 18.6 Å². The maximum atomic E-state index is 14.2. The zero-order valence-electron chi connectivity index (χ0n) is 21.4. The third kappa shape index (κ3) is 5.29. The normalized spacial score (nSPS) is 21.4. The summed E-state index contributed by atoms with van der Waals surface area (Å²) in [6.45, 7) is 4.52. The highest BCUT2D eigenvalue weighted by atomic mass is 79.9. The first-order valence-electron chi connectivity index (χ1n) is 12.7. The fourth-order valence-corrected chi connectivity index (χ4v) is 5.62. The molecule has 2 saturated heterocycles. The number of likely N-dealkylation sites (tertiary alicyclic amines) is 1. The molecule has 9 nitrogen and oxygen atoms in total. The number of imide groups is 1. The Kier molecular flexibility index (Phi) is 7.48. The van der Waals surface area contributed by atoms with Gasteiger partial charge in [-0.2, -0.15) is 0 Å². The number of hydrogen-bond donors (Lipinski definition) is 1. The predicted molar refractivity (Wildman–Crippen MR) is 142 cm³/mol. The molecule has 2 aliphatic heterocycles. The number of carbonyl (C=O) groups excluding carboxylic acids is 3. The quantitative estimate of drug-likeness (QED) is 0.416. The molecular formula is C27H27BrF2N6O3. The summed E-state index contributed by atoms with van der Waals surface area (Å²) in [7, 11) is 0. The summed E-state index contributed by atoms with van der Waals surface area (Å²) in [6, 6.07) is 6.72. The number of urea groups is 1. The van der Waals surface area contributed by atoms with Gasteiger partial charge in [0, 0.05) is 35.5 Å². The van der Waals surface area contributed by atoms with Crippen molar-refractivity contribution in [1.29, 1.82) is 0 Å². The van der Waals surface area contributed by atoms with Gasteiger partial charge < -0.3 is 10.2 Å². The second-order valence-corrected chi connectivity index (χ2v) is 10.8. The molecule has 2 fully saturated rings. The molecule has 4 amide bonds. The Labute approximate surface area is 232 Å². The van der Waals surface area contributed by atoms with Gasteiger partial charge in [-0.25, -0.2) is 23.2 Å². The summed E-state index contributed by atoms with van der Waals surface area (Å²) in [6.07, 6.45) is 3.51. The number of amides is 4. The molecule has 3 unspecified atom stereocenters. The van der Waals surface area contributed by atoms with Gasteiger partial charge in [0.1, 0.15) is 17.7 Å². The van der Waals surface area contributed by atoms with Crippen LogP contribution in [0.1, 0.15) is 49.8 Å². The van der Waals surface area contributed by atoms with E-state index in [4.69, 9.17) is 0 Å². The molecule has 0 aliphatic carbocycles. The molecule has 0 radical (unpaired) electrons. The van der Waals surface area contributed by atoms with E-state index in [1.165, 1.54) is 0 Å². The van der Waals surface area contributed by atoms with Crippen LogP contribution in [0.15, 0.2) is 47.1 Å². The number of halogens is 3. The van der Waals surface area contributed by atoms with Gasteiger partial charge in [-0.15, -0.1) is 5.10 Å². The van der Waals surface area contributed by atoms with E-state index in [0.29, 0.717) is 17.5 Å². The second-order valence-electron chi connectivity index (χ2n) is 9.94. The number of nitrogens with zero attached hydrogens (tertiary/aromatic N) is 5. The lowest BCUT2D eigenvalue weighted by molar-refractivity contribution is -0.135. The van der Waals surface area contributed by atoms with Crippen molar-refractivity contribution >= 4 is 39.5 Å². The number of hydrogen-bond acceptors (Lipinski definition) is 5. The molecule has 12 heteroatoms. The average Bonchev–Trinajstić information content (AvgIpc) is 3.49. The molecule has 5 rings (SSSR count). The van der Waals surface area contributed by atoms with Gasteiger partial charge in [0.2, 0.25) is 5.91 Å². The van der Waals surface area contributed by atoms with Crippen LogP contribution >= 0.6 is 15.9 Å². The standard InChI is InChI=1S/C27H27BrF2N6O3/c1-15-12-17(22-14-35(33-32-22)23-5-3-4-19(28)16(23)2)10-11-34(15)25(37)9-7-21-26(38)36(27(39)31-21)24-8-6-18(29)13-20(24)30/h3-6,8,13-15,17,21H,7,9-12H2,1-2H3,(H,31,39). The average molecular weight is 601 g/mol. The number of anilines is 1. The smallest absolute Gasteiger partial charge is 0.329 e. The Hall–Kier alpha value is -3.67. The summed E-state index contributed by atoms with van der Waals surface area (Å²) < 4.78 is 30.2. The van der Waals surface area contributed by atoms with Gasteiger partial charge in [-0.1, -0.05) is 27.2 Å². The zero-order valence-corrected chi connectivity index (χ0v) is 23.0. The summed E-state index contributed by atoms with van der Waals surface area (Å²) >= 11 is 3.55. The molecule has 3 heterocycles. The van der Waals surface area contributed by atoms with Crippen molar-refractivity contribution in [3.8, 4) is 5.69 Å². The van der Waals surface area contributed by atoms with Crippen LogP contribution in [-0.2, 0) is 9.59 Å². The van der Waals surface area contributed by atoms with Gasteiger partial charge in [-0.3, -0.25) is 9.59 Å². The molecule has 2 aromatic carbocycles. The summed E-state index contributed by atoms with van der Waals surface area (Å²) in [5.74, 6) is -2.47. The molecule has 3 atom stereocenters. The molecule has 1 N–H and O–H groups in total. The van der Waals surface area contributed by atoms with E-state index in [2.05, 4.69) is 31.6 Å². The van der Waals surface area contributed by atoms with Gasteiger partial charge in [-0.05, 0) is 62.9 Å². The van der Waals surface area contributed by atoms with Crippen LogP contribution in [0.3, 0.4) is 0 Å². The van der Waals surface area contributed by atoms with Crippen molar-refractivity contribution in [3.05, 3.63) is 70.0 Å². The monoisotopic (exact) mass is 600 g/mol. The number of piperidine rings is 1. The van der Waals surface area contributed by atoms with Crippen LogP contribution in [0.4, 0.5) is 19.3 Å². The summed E-state index contributed by atoms with van der Waals surface area (Å²) in [4.78, 5) is 40.6. The van der Waals surface area contributed by atoms with Crippen LogP contribution < -0.4 is 10.2 Å². The van der Waals surface area contributed by atoms with E-state index < -0.39 is 29.6 Å². The minimum atomic E-state index is -1.02. The van der Waals surface area contributed by atoms with Crippen molar-refractivity contribution in [2.24, 2.45) is 0 Å².